The molecule has 1 saturated heterocycles. The summed E-state index contributed by atoms with van der Waals surface area (Å²) in [5, 5.41) is 18.0. The van der Waals surface area contributed by atoms with Crippen molar-refractivity contribution in [3.8, 4) is 0 Å². The van der Waals surface area contributed by atoms with Gasteiger partial charge in [0.2, 0.25) is 0 Å². The number of allylic oxidation sites excluding steroid dienone is 1. The van der Waals surface area contributed by atoms with E-state index in [-0.39, 0.29) is 11.6 Å². The van der Waals surface area contributed by atoms with Crippen LogP contribution in [-0.4, -0.2) is 78.3 Å². The Morgan fingerprint density at radius 1 is 1.14 bits per heavy atom. The number of aliphatic hydroxyl groups is 1. The molecule has 7 N–H and O–H groups in total. The van der Waals surface area contributed by atoms with E-state index in [4.69, 9.17) is 34.7 Å². The summed E-state index contributed by atoms with van der Waals surface area (Å²) in [6.45, 7) is 4.95. The molecule has 198 valence electrons. The highest BCUT2D eigenvalue weighted by Gasteiger charge is 2.22. The predicted molar refractivity (Wildman–Crippen MR) is 148 cm³/mol. The van der Waals surface area contributed by atoms with Gasteiger partial charge in [-0.05, 0) is 61.2 Å². The maximum absolute atomic E-state index is 12.8. The minimum Gasteiger partial charge on any atom is -0.398 e. The standard InChI is InChI=1S/C26H33Cl2N7O2/c1-33-10-12-34(13-11-33)26(37)17-2-5-20(6-3-17)32-25(36)22(29)15-23-24(30)31-8-9-35(23)16-18-14-19(27)4-7-21(18)28/h2-7,14-15,25,31-32,36H,8-13,16,29-30H2,1H3/b22-15-. The number of amides is 1. The second kappa shape index (κ2) is 12.0. The smallest absolute Gasteiger partial charge is 0.253 e. The van der Waals surface area contributed by atoms with Gasteiger partial charge in [0, 0.05) is 67.1 Å². The lowest BCUT2D eigenvalue weighted by atomic mass is 10.1. The Kier molecular flexibility index (Phi) is 8.71. The molecule has 9 nitrogen and oxygen atoms in total. The van der Waals surface area contributed by atoms with Gasteiger partial charge in [-0.15, -0.1) is 0 Å². The number of benzene rings is 2. The van der Waals surface area contributed by atoms with E-state index in [1.165, 1.54) is 0 Å². The molecule has 1 fully saturated rings. The van der Waals surface area contributed by atoms with Crippen molar-refractivity contribution in [2.24, 2.45) is 11.5 Å². The SMILES string of the molecule is CN1CCN(C(=O)c2ccc(NC(O)/C(N)=C/C3=C(N)NCCN3Cc3cc(Cl)ccc3Cl)cc2)CC1. The van der Waals surface area contributed by atoms with Crippen LogP contribution in [0.1, 0.15) is 15.9 Å². The van der Waals surface area contributed by atoms with Crippen LogP contribution in [-0.2, 0) is 6.54 Å². The lowest BCUT2D eigenvalue weighted by molar-refractivity contribution is 0.0664. The summed E-state index contributed by atoms with van der Waals surface area (Å²) in [5.41, 5.74) is 15.4. The molecule has 1 amide bonds. The van der Waals surface area contributed by atoms with E-state index in [0.29, 0.717) is 65.5 Å². The van der Waals surface area contributed by atoms with Gasteiger partial charge in [0.15, 0.2) is 6.23 Å². The third-order valence-corrected chi connectivity index (χ3v) is 7.13. The molecule has 0 aliphatic carbocycles. The molecule has 0 spiro atoms. The van der Waals surface area contributed by atoms with Gasteiger partial charge in [-0.2, -0.15) is 0 Å². The van der Waals surface area contributed by atoms with Crippen molar-refractivity contribution in [1.82, 2.24) is 20.0 Å². The van der Waals surface area contributed by atoms with Crippen LogP contribution in [0.4, 0.5) is 5.69 Å². The Balaban J connectivity index is 1.42. The molecule has 2 heterocycles. The molecule has 1 unspecified atom stereocenters. The molecule has 37 heavy (non-hydrogen) atoms. The average molecular weight is 547 g/mol. The van der Waals surface area contributed by atoms with E-state index in [1.807, 2.05) is 15.9 Å². The first kappa shape index (κ1) is 26.9. The monoisotopic (exact) mass is 545 g/mol. The molecule has 1 atom stereocenters. The Labute approximate surface area is 227 Å². The number of piperazine rings is 1. The molecule has 2 aromatic rings. The van der Waals surface area contributed by atoms with Gasteiger partial charge in [-0.3, -0.25) is 4.79 Å². The largest absolute Gasteiger partial charge is 0.398 e. The fourth-order valence-electron chi connectivity index (χ4n) is 4.29. The summed E-state index contributed by atoms with van der Waals surface area (Å²) in [6.07, 6.45) is 0.473. The van der Waals surface area contributed by atoms with Crippen molar-refractivity contribution in [2.45, 2.75) is 12.8 Å². The number of hydrogen-bond donors (Lipinski definition) is 5. The zero-order valence-electron chi connectivity index (χ0n) is 20.8. The molecular weight excluding hydrogens is 513 g/mol. The summed E-state index contributed by atoms with van der Waals surface area (Å²) in [7, 11) is 2.05. The Morgan fingerprint density at radius 3 is 2.54 bits per heavy atom. The van der Waals surface area contributed by atoms with Gasteiger partial charge in [-0.1, -0.05) is 23.2 Å². The summed E-state index contributed by atoms with van der Waals surface area (Å²) in [6, 6.07) is 12.3. The minimum atomic E-state index is -1.17. The van der Waals surface area contributed by atoms with Crippen LogP contribution in [0.25, 0.3) is 0 Å². The fraction of sp³-hybridized carbons (Fsp3) is 0.346. The summed E-state index contributed by atoms with van der Waals surface area (Å²) in [5.74, 6) is 0.457. The maximum Gasteiger partial charge on any atom is 0.253 e. The van der Waals surface area contributed by atoms with Crippen molar-refractivity contribution >= 4 is 34.8 Å². The number of likely N-dealkylation sites (N-methyl/N-ethyl adjacent to an activating group) is 1. The highest BCUT2D eigenvalue weighted by atomic mass is 35.5. The number of anilines is 1. The second-order valence-corrected chi connectivity index (χ2v) is 10.1. The molecule has 2 aliphatic rings. The van der Waals surface area contributed by atoms with Crippen molar-refractivity contribution in [2.75, 3.05) is 51.6 Å². The quantitative estimate of drug-likeness (QED) is 0.335. The Bertz CT molecular complexity index is 1180. The lowest BCUT2D eigenvalue weighted by Crippen LogP contribution is -2.47. The number of nitrogens with one attached hydrogen (secondary N) is 2. The summed E-state index contributed by atoms with van der Waals surface area (Å²) >= 11 is 12.5. The lowest BCUT2D eigenvalue weighted by Gasteiger charge is -2.33. The van der Waals surface area contributed by atoms with Crippen LogP contribution < -0.4 is 22.1 Å². The van der Waals surface area contributed by atoms with Gasteiger partial charge in [-0.25, -0.2) is 0 Å². The third kappa shape index (κ3) is 6.81. The molecule has 2 aromatic carbocycles. The minimum absolute atomic E-state index is 0.00622. The highest BCUT2D eigenvalue weighted by molar-refractivity contribution is 6.33. The van der Waals surface area contributed by atoms with Crippen LogP contribution in [0, 0.1) is 0 Å². The molecular formula is C26H33Cl2N7O2. The Morgan fingerprint density at radius 2 is 1.84 bits per heavy atom. The number of halogens is 2. The van der Waals surface area contributed by atoms with Crippen molar-refractivity contribution in [3.05, 3.63) is 86.9 Å². The number of rotatable bonds is 7. The van der Waals surface area contributed by atoms with Crippen LogP contribution in [0.2, 0.25) is 10.0 Å². The van der Waals surface area contributed by atoms with Crippen molar-refractivity contribution in [3.63, 3.8) is 0 Å². The van der Waals surface area contributed by atoms with E-state index >= 15 is 0 Å². The number of nitrogens with two attached hydrogens (primary N) is 2. The van der Waals surface area contributed by atoms with E-state index in [0.717, 1.165) is 18.7 Å². The van der Waals surface area contributed by atoms with Gasteiger partial charge in [0.05, 0.1) is 11.4 Å². The zero-order valence-corrected chi connectivity index (χ0v) is 22.3. The average Bonchev–Trinajstić information content (AvgIpc) is 2.88. The normalized spacial score (nSPS) is 18.0. The Hall–Kier alpha value is -3.11. The summed E-state index contributed by atoms with van der Waals surface area (Å²) < 4.78 is 0. The topological polar surface area (TPSA) is 123 Å². The van der Waals surface area contributed by atoms with Crippen molar-refractivity contribution < 1.29 is 9.90 Å². The number of carbonyl (C=O) groups excluding carboxylic acids is 1. The number of aliphatic hydroxyl groups excluding tert-OH is 1. The molecule has 0 bridgehead atoms. The van der Waals surface area contributed by atoms with Gasteiger partial charge in [0.25, 0.3) is 5.91 Å². The molecule has 4 rings (SSSR count). The highest BCUT2D eigenvalue weighted by Crippen LogP contribution is 2.25. The van der Waals surface area contributed by atoms with Crippen LogP contribution >= 0.6 is 23.2 Å². The van der Waals surface area contributed by atoms with Crippen LogP contribution in [0.5, 0.6) is 0 Å². The van der Waals surface area contributed by atoms with Crippen LogP contribution in [0.3, 0.4) is 0 Å². The number of carbonyl (C=O) groups is 1. The molecule has 0 radical (unpaired) electrons. The number of nitrogens with zero attached hydrogens (tertiary/aromatic N) is 3. The zero-order chi connectivity index (χ0) is 26.5. The van der Waals surface area contributed by atoms with Crippen molar-refractivity contribution in [1.29, 1.82) is 0 Å². The van der Waals surface area contributed by atoms with E-state index in [1.54, 1.807) is 42.5 Å². The van der Waals surface area contributed by atoms with E-state index < -0.39 is 6.23 Å². The molecule has 0 saturated carbocycles. The number of hydrogen-bond acceptors (Lipinski definition) is 8. The van der Waals surface area contributed by atoms with Gasteiger partial charge in [0.1, 0.15) is 5.82 Å². The second-order valence-electron chi connectivity index (χ2n) is 9.25. The first-order chi connectivity index (χ1) is 17.7. The first-order valence-corrected chi connectivity index (χ1v) is 12.9. The third-order valence-electron chi connectivity index (χ3n) is 6.53. The van der Waals surface area contributed by atoms with Crippen LogP contribution in [0.15, 0.2) is 65.8 Å². The molecule has 0 aromatic heterocycles. The summed E-state index contributed by atoms with van der Waals surface area (Å²) in [4.78, 5) is 18.9. The van der Waals surface area contributed by atoms with Gasteiger partial charge >= 0.3 is 0 Å². The maximum atomic E-state index is 12.8. The first-order valence-electron chi connectivity index (χ1n) is 12.1. The van der Waals surface area contributed by atoms with E-state index in [9.17, 15) is 9.90 Å². The van der Waals surface area contributed by atoms with E-state index in [2.05, 4.69) is 22.6 Å². The molecule has 11 heteroatoms. The molecule has 2 aliphatic heterocycles. The predicted octanol–water partition coefficient (Wildman–Crippen LogP) is 2.19. The van der Waals surface area contributed by atoms with Gasteiger partial charge < -0.3 is 41.9 Å². The fourth-order valence-corrected chi connectivity index (χ4v) is 4.66.